The van der Waals surface area contributed by atoms with Crippen LogP contribution in [0.4, 0.5) is 0 Å². The molecule has 0 radical (unpaired) electrons. The summed E-state index contributed by atoms with van der Waals surface area (Å²) in [6.07, 6.45) is 18.1. The van der Waals surface area contributed by atoms with Gasteiger partial charge >= 0.3 is 31.4 Å². The molecule has 2 fully saturated rings. The van der Waals surface area contributed by atoms with Crippen LogP contribution < -0.4 is 0 Å². The van der Waals surface area contributed by atoms with E-state index < -0.39 is 0 Å². The van der Waals surface area contributed by atoms with Crippen LogP contribution >= 0.6 is 0 Å². The van der Waals surface area contributed by atoms with Crippen LogP contribution in [0.2, 0.25) is 0 Å². The molecule has 0 bridgehead atoms. The molecule has 0 unspecified atom stereocenters. The van der Waals surface area contributed by atoms with Crippen LogP contribution in [0.5, 0.6) is 0 Å². The second kappa shape index (κ2) is 26.0. The van der Waals surface area contributed by atoms with E-state index in [1.54, 1.807) is 12.2 Å². The molecular formula is C35H56O8Zn. The van der Waals surface area contributed by atoms with Crippen molar-refractivity contribution >= 4 is 35.1 Å². The van der Waals surface area contributed by atoms with Crippen LogP contribution in [0.1, 0.15) is 118 Å². The van der Waals surface area contributed by atoms with Crippen LogP contribution in [-0.4, -0.2) is 47.3 Å². The Kier molecular flexibility index (Phi) is 27.3. The quantitative estimate of drug-likeness (QED) is 0.152. The fraction of sp³-hybridized carbons (Fsp3) is 0.657. The van der Waals surface area contributed by atoms with Gasteiger partial charge in [0.15, 0.2) is 11.6 Å². The van der Waals surface area contributed by atoms with E-state index >= 15 is 0 Å². The van der Waals surface area contributed by atoms with Gasteiger partial charge in [0.1, 0.15) is 23.8 Å². The first-order chi connectivity index (χ1) is 19.5. The molecule has 0 aliphatic heterocycles. The molecule has 246 valence electrons. The summed E-state index contributed by atoms with van der Waals surface area (Å²) in [7, 11) is 0. The molecule has 0 aromatic carbocycles. The van der Waals surface area contributed by atoms with Crippen molar-refractivity contribution in [2.75, 3.05) is 0 Å². The minimum atomic E-state index is -0.343. The molecule has 0 N–H and O–H groups in total. The Morgan fingerprint density at radius 2 is 1.27 bits per heavy atom. The van der Waals surface area contributed by atoms with E-state index in [-0.39, 0.29) is 76.0 Å². The number of hydrogen-bond donors (Lipinski definition) is 0. The number of Topliss-reactive ketones (excluding diaryl/α,β-unsaturated/α-hetero) is 2. The Labute approximate surface area is 279 Å². The van der Waals surface area contributed by atoms with Crippen molar-refractivity contribution in [1.82, 2.24) is 0 Å². The molecule has 44 heavy (non-hydrogen) atoms. The maximum atomic E-state index is 11.1. The first-order valence-electron chi connectivity index (χ1n) is 15.3. The molecule has 8 nitrogen and oxygen atoms in total. The zero-order valence-corrected chi connectivity index (χ0v) is 31.3. The number of allylic oxidation sites excluding steroid dienone is 3. The Balaban J connectivity index is -0.000000503. The molecule has 0 saturated heterocycles. The zero-order chi connectivity index (χ0) is 30.8. The Hall–Kier alpha value is -2.28. The predicted octanol–water partition coefficient (Wildman–Crippen LogP) is 7.13. The molecule has 4 aliphatic rings. The molecule has 0 spiro atoms. The summed E-state index contributed by atoms with van der Waals surface area (Å²) in [5.74, 6) is 1.97. The second-order valence-electron chi connectivity index (χ2n) is 11.3. The number of rotatable bonds is 8. The van der Waals surface area contributed by atoms with Crippen LogP contribution in [0, 0.1) is 32.6 Å². The molecule has 0 amide bonds. The Morgan fingerprint density at radius 1 is 0.705 bits per heavy atom. The largest absolute Gasteiger partial charge is 2.00 e. The number of esters is 2. The summed E-state index contributed by atoms with van der Waals surface area (Å²) in [5, 5.41) is 0. The van der Waals surface area contributed by atoms with Crippen molar-refractivity contribution in [3.8, 4) is 0 Å². The predicted molar refractivity (Wildman–Crippen MR) is 170 cm³/mol. The number of ether oxygens (including phenoxy) is 2. The topological polar surface area (TPSA) is 121 Å². The third kappa shape index (κ3) is 20.6. The fourth-order valence-electron chi connectivity index (χ4n) is 5.50. The van der Waals surface area contributed by atoms with Gasteiger partial charge in [-0.25, -0.2) is 0 Å². The molecule has 4 rings (SSSR count). The first-order valence-corrected chi connectivity index (χ1v) is 15.3. The van der Waals surface area contributed by atoms with Gasteiger partial charge in [-0.05, 0) is 49.3 Å². The van der Waals surface area contributed by atoms with Gasteiger partial charge in [0.25, 0.3) is 0 Å². The fourth-order valence-corrected chi connectivity index (χ4v) is 5.50. The Morgan fingerprint density at radius 3 is 1.70 bits per heavy atom. The maximum Gasteiger partial charge on any atom is 2.00 e. The van der Waals surface area contributed by atoms with Gasteiger partial charge in [-0.3, -0.25) is 28.8 Å². The third-order valence-electron chi connectivity index (χ3n) is 7.36. The monoisotopic (exact) mass is 668 g/mol. The number of hydrogen-bond acceptors (Lipinski definition) is 8. The van der Waals surface area contributed by atoms with E-state index in [2.05, 4.69) is 20.8 Å². The van der Waals surface area contributed by atoms with Gasteiger partial charge in [0.05, 0.1) is 6.42 Å². The van der Waals surface area contributed by atoms with E-state index in [4.69, 9.17) is 9.47 Å². The summed E-state index contributed by atoms with van der Waals surface area (Å²) in [6, 6.07) is 0. The van der Waals surface area contributed by atoms with Crippen molar-refractivity contribution in [3.05, 3.63) is 39.2 Å². The summed E-state index contributed by atoms with van der Waals surface area (Å²) in [4.78, 5) is 64.1. The van der Waals surface area contributed by atoms with E-state index in [9.17, 15) is 28.8 Å². The second-order valence-corrected chi connectivity index (χ2v) is 11.3. The molecule has 0 heterocycles. The van der Waals surface area contributed by atoms with Crippen LogP contribution in [0.15, 0.2) is 24.3 Å². The van der Waals surface area contributed by atoms with Crippen molar-refractivity contribution < 1.29 is 57.7 Å². The standard InChI is InChI=1S/C10H16O3.C8H14O.C8H12O.C7H8O3.2CH3.Zn/c1-3-4-8-5-9(12)6-10(8)13-7(2)11;2*1-2-3-7-4-5-8(9)6-7;1-5(8)10-7-3-2-6(9)4-7;;;/h8,10H,3-6H2,1-2H3;7H,2-6H2,1H3;4-5,7H,2-3,6H2,1H3;2-3,7H,4H2,1H3;2*1H3;/q;;;;2*-1;+2/t8-,10-;3*7-;;;/m1000.../s1. The van der Waals surface area contributed by atoms with Gasteiger partial charge in [-0.15, -0.1) is 0 Å². The first kappa shape index (κ1) is 46.1. The van der Waals surface area contributed by atoms with E-state index in [0.717, 1.165) is 44.4 Å². The average Bonchev–Trinajstić information content (AvgIpc) is 3.66. The third-order valence-corrected chi connectivity index (χ3v) is 7.36. The molecule has 0 aromatic rings. The van der Waals surface area contributed by atoms with Crippen LogP contribution in [0.3, 0.4) is 0 Å². The van der Waals surface area contributed by atoms with Gasteiger partial charge in [-0.1, -0.05) is 52.5 Å². The number of ketones is 4. The minimum absolute atomic E-state index is 0. The molecular weight excluding hydrogens is 614 g/mol. The molecule has 9 heteroatoms. The van der Waals surface area contributed by atoms with Gasteiger partial charge in [0.2, 0.25) is 0 Å². The van der Waals surface area contributed by atoms with Gasteiger partial charge in [-0.2, -0.15) is 0 Å². The average molecular weight is 670 g/mol. The Bertz CT molecular complexity index is 954. The van der Waals surface area contributed by atoms with Crippen molar-refractivity contribution in [1.29, 1.82) is 0 Å². The van der Waals surface area contributed by atoms with Crippen molar-refractivity contribution in [3.63, 3.8) is 0 Å². The van der Waals surface area contributed by atoms with Gasteiger partial charge in [0, 0.05) is 51.9 Å². The SMILES string of the molecule is CC(=O)O[C@H]1C=CC(=O)C1.CCC[C@@H]1CC(=O)C[C@H]1OC(C)=O.CCC[C@H]1C=CC(=O)C1.CCC[C@H]1CCC(=O)C1.[CH3-].[CH3-].[Zn+2]. The van der Waals surface area contributed by atoms with Crippen LogP contribution in [-0.2, 0) is 57.7 Å². The van der Waals surface area contributed by atoms with E-state index in [0.29, 0.717) is 36.7 Å². The summed E-state index contributed by atoms with van der Waals surface area (Å²) in [6.45, 7) is 9.13. The van der Waals surface area contributed by atoms with E-state index in [1.807, 2.05) is 6.08 Å². The van der Waals surface area contributed by atoms with Crippen molar-refractivity contribution in [2.24, 2.45) is 17.8 Å². The summed E-state index contributed by atoms with van der Waals surface area (Å²) >= 11 is 0. The molecule has 4 aliphatic carbocycles. The molecule has 5 atom stereocenters. The summed E-state index contributed by atoms with van der Waals surface area (Å²) < 4.78 is 9.82. The normalized spacial score (nSPS) is 24.2. The van der Waals surface area contributed by atoms with E-state index in [1.165, 1.54) is 45.6 Å². The number of carbonyl (C=O) groups excluding carboxylic acids is 6. The summed E-state index contributed by atoms with van der Waals surface area (Å²) in [5.41, 5.74) is 0. The molecule has 2 saturated carbocycles. The minimum Gasteiger partial charge on any atom is -0.462 e. The smallest absolute Gasteiger partial charge is 0.462 e. The van der Waals surface area contributed by atoms with Crippen molar-refractivity contribution in [2.45, 2.75) is 130 Å². The number of carbonyl (C=O) groups is 6. The zero-order valence-electron chi connectivity index (χ0n) is 28.4. The van der Waals surface area contributed by atoms with Crippen LogP contribution in [0.25, 0.3) is 0 Å². The maximum absolute atomic E-state index is 11.1. The molecule has 0 aromatic heterocycles. The van der Waals surface area contributed by atoms with Gasteiger partial charge < -0.3 is 24.3 Å².